The third-order valence-corrected chi connectivity index (χ3v) is 2.41. The Hall–Kier alpha value is -2.56. The number of ether oxygens (including phenoxy) is 1. The first kappa shape index (κ1) is 11.9. The maximum Gasteiger partial charge on any atom is 0.252 e. The predicted molar refractivity (Wildman–Crippen MR) is 69.0 cm³/mol. The number of hydrogen-bond donors (Lipinski definition) is 2. The molecule has 0 spiro atoms. The van der Waals surface area contributed by atoms with Gasteiger partial charge in [0.25, 0.3) is 5.91 Å². The minimum atomic E-state index is -0.520. The molecular weight excluding hydrogens is 230 g/mol. The monoisotopic (exact) mass is 243 g/mol. The van der Waals surface area contributed by atoms with Gasteiger partial charge in [-0.05, 0) is 24.3 Å². The molecule has 1 aromatic carbocycles. The summed E-state index contributed by atoms with van der Waals surface area (Å²) in [6.07, 6.45) is 1.59. The number of aromatic nitrogens is 1. The van der Waals surface area contributed by atoms with E-state index in [1.54, 1.807) is 31.5 Å². The summed E-state index contributed by atoms with van der Waals surface area (Å²) in [7, 11) is 1.59. The molecule has 2 rings (SSSR count). The quantitative estimate of drug-likeness (QED) is 0.860. The number of rotatable bonds is 4. The fraction of sp³-hybridized carbons (Fsp3) is 0.0769. The zero-order valence-corrected chi connectivity index (χ0v) is 9.88. The average Bonchev–Trinajstić information content (AvgIpc) is 2.39. The second-order valence-electron chi connectivity index (χ2n) is 3.62. The summed E-state index contributed by atoms with van der Waals surface area (Å²) < 4.78 is 5.12. The first-order chi connectivity index (χ1) is 8.70. The lowest BCUT2D eigenvalue weighted by atomic mass is 10.2. The molecule has 92 valence electrons. The summed E-state index contributed by atoms with van der Waals surface area (Å²) in [6.45, 7) is 0. The Morgan fingerprint density at radius 3 is 2.89 bits per heavy atom. The van der Waals surface area contributed by atoms with Crippen LogP contribution in [0, 0.1) is 0 Å². The summed E-state index contributed by atoms with van der Waals surface area (Å²) in [5.74, 6) is 0.628. The van der Waals surface area contributed by atoms with Crippen LogP contribution in [-0.4, -0.2) is 18.0 Å². The van der Waals surface area contributed by atoms with Crippen molar-refractivity contribution in [2.45, 2.75) is 0 Å². The van der Waals surface area contributed by atoms with Crippen molar-refractivity contribution in [3.8, 4) is 5.75 Å². The van der Waals surface area contributed by atoms with Crippen molar-refractivity contribution in [2.75, 3.05) is 12.4 Å². The smallest absolute Gasteiger partial charge is 0.252 e. The molecule has 0 aliphatic rings. The molecule has 0 atom stereocenters. The minimum Gasteiger partial charge on any atom is -0.497 e. The van der Waals surface area contributed by atoms with Gasteiger partial charge in [-0.1, -0.05) is 6.07 Å². The SMILES string of the molecule is COc1cccc(Nc2ncccc2C(N)=O)c1. The lowest BCUT2D eigenvalue weighted by Crippen LogP contribution is -2.14. The molecule has 0 saturated heterocycles. The molecule has 0 unspecified atom stereocenters. The summed E-state index contributed by atoms with van der Waals surface area (Å²) in [5.41, 5.74) is 6.40. The predicted octanol–water partition coefficient (Wildman–Crippen LogP) is 1.93. The number of carbonyl (C=O) groups is 1. The third-order valence-electron chi connectivity index (χ3n) is 2.41. The van der Waals surface area contributed by atoms with Gasteiger partial charge in [0.1, 0.15) is 11.6 Å². The van der Waals surface area contributed by atoms with E-state index in [1.165, 1.54) is 0 Å². The fourth-order valence-corrected chi connectivity index (χ4v) is 1.54. The van der Waals surface area contributed by atoms with E-state index in [2.05, 4.69) is 10.3 Å². The summed E-state index contributed by atoms with van der Waals surface area (Å²) in [4.78, 5) is 15.4. The number of primary amides is 1. The maximum atomic E-state index is 11.3. The van der Waals surface area contributed by atoms with Crippen LogP contribution in [0.5, 0.6) is 5.75 Å². The lowest BCUT2D eigenvalue weighted by molar-refractivity contribution is 0.100. The van der Waals surface area contributed by atoms with Gasteiger partial charge >= 0.3 is 0 Å². The molecule has 1 aromatic heterocycles. The topological polar surface area (TPSA) is 77.2 Å². The Labute approximate surface area is 105 Å². The highest BCUT2D eigenvalue weighted by molar-refractivity contribution is 5.98. The van der Waals surface area contributed by atoms with Crippen molar-refractivity contribution in [2.24, 2.45) is 5.73 Å². The summed E-state index contributed by atoms with van der Waals surface area (Å²) in [5, 5.41) is 3.04. The van der Waals surface area contributed by atoms with Crippen molar-refractivity contribution < 1.29 is 9.53 Å². The van der Waals surface area contributed by atoms with E-state index in [0.717, 1.165) is 11.4 Å². The number of anilines is 2. The highest BCUT2D eigenvalue weighted by Crippen LogP contribution is 2.21. The van der Waals surface area contributed by atoms with Gasteiger partial charge in [-0.25, -0.2) is 4.98 Å². The first-order valence-corrected chi connectivity index (χ1v) is 5.36. The Morgan fingerprint density at radius 2 is 2.17 bits per heavy atom. The number of nitrogens with zero attached hydrogens (tertiary/aromatic N) is 1. The zero-order valence-electron chi connectivity index (χ0n) is 9.88. The Bertz CT molecular complexity index is 570. The number of nitrogens with two attached hydrogens (primary N) is 1. The van der Waals surface area contributed by atoms with E-state index in [1.807, 2.05) is 18.2 Å². The molecule has 0 aliphatic heterocycles. The van der Waals surface area contributed by atoms with Gasteiger partial charge in [-0.3, -0.25) is 4.79 Å². The molecular formula is C13H13N3O2. The van der Waals surface area contributed by atoms with Gasteiger partial charge in [0.2, 0.25) is 0 Å². The lowest BCUT2D eigenvalue weighted by Gasteiger charge is -2.09. The van der Waals surface area contributed by atoms with Crippen LogP contribution in [0.4, 0.5) is 11.5 Å². The molecule has 18 heavy (non-hydrogen) atoms. The van der Waals surface area contributed by atoms with E-state index in [-0.39, 0.29) is 0 Å². The zero-order chi connectivity index (χ0) is 13.0. The second kappa shape index (κ2) is 5.18. The summed E-state index contributed by atoms with van der Waals surface area (Å²) >= 11 is 0. The van der Waals surface area contributed by atoms with Crippen LogP contribution in [-0.2, 0) is 0 Å². The van der Waals surface area contributed by atoms with Crippen molar-refractivity contribution in [1.29, 1.82) is 0 Å². The molecule has 0 bridgehead atoms. The van der Waals surface area contributed by atoms with Crippen LogP contribution in [0.3, 0.4) is 0 Å². The number of carbonyl (C=O) groups excluding carboxylic acids is 1. The molecule has 3 N–H and O–H groups in total. The van der Waals surface area contributed by atoms with Gasteiger partial charge in [-0.2, -0.15) is 0 Å². The molecule has 1 amide bonds. The van der Waals surface area contributed by atoms with E-state index >= 15 is 0 Å². The van der Waals surface area contributed by atoms with Crippen molar-refractivity contribution >= 4 is 17.4 Å². The molecule has 0 radical (unpaired) electrons. The molecule has 2 aromatic rings. The average molecular weight is 243 g/mol. The third kappa shape index (κ3) is 2.57. The van der Waals surface area contributed by atoms with Gasteiger partial charge < -0.3 is 15.8 Å². The number of methoxy groups -OCH3 is 1. The number of pyridine rings is 1. The van der Waals surface area contributed by atoms with Gasteiger partial charge in [0.05, 0.1) is 12.7 Å². The largest absolute Gasteiger partial charge is 0.497 e. The summed E-state index contributed by atoms with van der Waals surface area (Å²) in [6, 6.07) is 10.6. The number of benzene rings is 1. The standard InChI is InChI=1S/C13H13N3O2/c1-18-10-5-2-4-9(8-10)16-13-11(12(14)17)6-3-7-15-13/h2-8H,1H3,(H2,14,17)(H,15,16). The van der Waals surface area contributed by atoms with Crippen molar-refractivity contribution in [3.05, 3.63) is 48.2 Å². The van der Waals surface area contributed by atoms with Crippen LogP contribution in [0.15, 0.2) is 42.6 Å². The molecule has 0 aliphatic carbocycles. The number of hydrogen-bond acceptors (Lipinski definition) is 4. The molecule has 0 fully saturated rings. The van der Waals surface area contributed by atoms with Crippen molar-refractivity contribution in [3.63, 3.8) is 0 Å². The molecule has 0 saturated carbocycles. The normalized spacial score (nSPS) is 9.83. The Balaban J connectivity index is 2.31. The number of nitrogens with one attached hydrogen (secondary N) is 1. The van der Waals surface area contributed by atoms with E-state index < -0.39 is 5.91 Å². The Morgan fingerprint density at radius 1 is 1.33 bits per heavy atom. The van der Waals surface area contributed by atoms with E-state index in [4.69, 9.17) is 10.5 Å². The van der Waals surface area contributed by atoms with Crippen LogP contribution in [0.2, 0.25) is 0 Å². The highest BCUT2D eigenvalue weighted by Gasteiger charge is 2.08. The molecule has 1 heterocycles. The second-order valence-corrected chi connectivity index (χ2v) is 3.62. The van der Waals surface area contributed by atoms with Crippen LogP contribution < -0.4 is 15.8 Å². The van der Waals surface area contributed by atoms with Crippen LogP contribution >= 0.6 is 0 Å². The van der Waals surface area contributed by atoms with E-state index in [9.17, 15) is 4.79 Å². The Kier molecular flexibility index (Phi) is 3.43. The fourth-order valence-electron chi connectivity index (χ4n) is 1.54. The van der Waals surface area contributed by atoms with Crippen LogP contribution in [0.25, 0.3) is 0 Å². The molecule has 5 heteroatoms. The minimum absolute atomic E-state index is 0.348. The molecule has 5 nitrogen and oxygen atoms in total. The highest BCUT2D eigenvalue weighted by atomic mass is 16.5. The number of amides is 1. The van der Waals surface area contributed by atoms with E-state index in [0.29, 0.717) is 11.4 Å². The van der Waals surface area contributed by atoms with Crippen molar-refractivity contribution in [1.82, 2.24) is 4.98 Å². The van der Waals surface area contributed by atoms with Gasteiger partial charge in [0.15, 0.2) is 0 Å². The van der Waals surface area contributed by atoms with Gasteiger partial charge in [0, 0.05) is 18.0 Å². The van der Waals surface area contributed by atoms with Gasteiger partial charge in [-0.15, -0.1) is 0 Å². The maximum absolute atomic E-state index is 11.3. The van der Waals surface area contributed by atoms with Crippen LogP contribution in [0.1, 0.15) is 10.4 Å². The first-order valence-electron chi connectivity index (χ1n) is 5.36.